The van der Waals surface area contributed by atoms with Crippen molar-refractivity contribution in [2.45, 2.75) is 149 Å². The molecule has 2 unspecified atom stereocenters. The topological polar surface area (TPSA) is 13.1 Å². The molecule has 2 fully saturated rings. The molecule has 0 radical (unpaired) electrons. The van der Waals surface area contributed by atoms with E-state index in [0.717, 1.165) is 28.7 Å². The van der Waals surface area contributed by atoms with E-state index in [4.69, 9.17) is 4.42 Å². The monoisotopic (exact) mass is 641 g/mol. The van der Waals surface area contributed by atoms with Crippen LogP contribution in [0.5, 0.6) is 0 Å². The maximum Gasteiger partial charge on any atom is 0.133 e. The highest BCUT2D eigenvalue weighted by molar-refractivity contribution is 7.17. The number of benzene rings is 2. The van der Waals surface area contributed by atoms with Crippen LogP contribution in [0.25, 0.3) is 21.1 Å². The standard InChI is InChI=1S/C9H16.C8H6O.C8H6S.3C4H10.3C2H6/c1-2-5-9-7-3-6-8(9)4-1;2*1-2-4-8-7(3-1)5-6-9-8;3*1-4(2)3;3*1-2/h8-9H,1-7H2;2*1-6H;3*4H,1-3H3;3*1-2H3. The molecule has 0 saturated heterocycles. The molecule has 2 saturated carbocycles. The SMILES string of the molecule is C1CCC2CCCC2C1.CC.CC.CC.CC(C)C.CC(C)C.CC(C)C.c1ccc2occc2c1.c1ccc2sccc2c1. The molecule has 2 aliphatic carbocycles. The predicted octanol–water partition coefficient (Wildman–Crippen LogP) is 16.4. The molecule has 4 aromatic rings. The molecule has 2 atom stereocenters. The molecule has 6 rings (SSSR count). The molecule has 260 valence electrons. The molecular weight excluding hydrogens is 565 g/mol. The van der Waals surface area contributed by atoms with Gasteiger partial charge in [0.2, 0.25) is 0 Å². The van der Waals surface area contributed by atoms with Crippen LogP contribution in [-0.2, 0) is 0 Å². The van der Waals surface area contributed by atoms with Gasteiger partial charge in [0, 0.05) is 10.1 Å². The minimum atomic E-state index is 0.833. The van der Waals surface area contributed by atoms with E-state index < -0.39 is 0 Å². The van der Waals surface area contributed by atoms with Gasteiger partial charge in [0.05, 0.1) is 6.26 Å². The fourth-order valence-corrected chi connectivity index (χ4v) is 5.29. The molecule has 0 amide bonds. The number of hydrogen-bond acceptors (Lipinski definition) is 2. The lowest BCUT2D eigenvalue weighted by molar-refractivity contribution is 0.277. The molecule has 0 bridgehead atoms. The van der Waals surface area contributed by atoms with Crippen molar-refractivity contribution in [2.24, 2.45) is 29.6 Å². The van der Waals surface area contributed by atoms with Gasteiger partial charge in [0.15, 0.2) is 0 Å². The summed E-state index contributed by atoms with van der Waals surface area (Å²) >= 11 is 1.79. The zero-order chi connectivity index (χ0) is 35.0. The maximum absolute atomic E-state index is 5.12. The first-order valence-electron chi connectivity index (χ1n) is 18.4. The quantitative estimate of drug-likeness (QED) is 0.186. The summed E-state index contributed by atoms with van der Waals surface area (Å²) in [5, 5.41) is 4.63. The van der Waals surface area contributed by atoms with Gasteiger partial charge in [-0.3, -0.25) is 0 Å². The highest BCUT2D eigenvalue weighted by Crippen LogP contribution is 2.41. The molecule has 2 aliphatic rings. The average molecular weight is 641 g/mol. The number of hydrogen-bond donors (Lipinski definition) is 0. The van der Waals surface area contributed by atoms with E-state index in [1.165, 1.54) is 41.2 Å². The third-order valence-corrected chi connectivity index (χ3v) is 6.84. The van der Waals surface area contributed by atoms with E-state index in [9.17, 15) is 0 Å². The highest BCUT2D eigenvalue weighted by atomic mass is 32.1. The Morgan fingerprint density at radius 2 is 0.911 bits per heavy atom. The Morgan fingerprint density at radius 1 is 0.511 bits per heavy atom. The minimum absolute atomic E-state index is 0.833. The van der Waals surface area contributed by atoms with Crippen molar-refractivity contribution in [1.29, 1.82) is 0 Å². The second-order valence-corrected chi connectivity index (χ2v) is 13.8. The predicted molar refractivity (Wildman–Crippen MR) is 213 cm³/mol. The maximum atomic E-state index is 5.12. The van der Waals surface area contributed by atoms with Gasteiger partial charge in [-0.2, -0.15) is 0 Å². The summed E-state index contributed by atoms with van der Waals surface area (Å²) in [6.45, 7) is 31.5. The summed E-state index contributed by atoms with van der Waals surface area (Å²) in [4.78, 5) is 0. The van der Waals surface area contributed by atoms with Crippen LogP contribution in [0.4, 0.5) is 0 Å². The number of furan rings is 1. The van der Waals surface area contributed by atoms with Crippen molar-refractivity contribution in [1.82, 2.24) is 0 Å². The Hall–Kier alpha value is -2.06. The van der Waals surface area contributed by atoms with Crippen molar-refractivity contribution in [3.05, 3.63) is 72.3 Å². The molecule has 2 aromatic heterocycles. The molecule has 45 heavy (non-hydrogen) atoms. The van der Waals surface area contributed by atoms with E-state index in [0.29, 0.717) is 0 Å². The molecular formula is C43H76OS. The Kier molecular flexibility index (Phi) is 35.0. The number of thiophene rings is 1. The fraction of sp³-hybridized carbons (Fsp3) is 0.628. The van der Waals surface area contributed by atoms with Gasteiger partial charge in [-0.05, 0) is 64.6 Å². The summed E-state index contributed by atoms with van der Waals surface area (Å²) in [5.41, 5.74) is 0.956. The van der Waals surface area contributed by atoms with Gasteiger partial charge in [-0.25, -0.2) is 0 Å². The molecule has 0 aliphatic heterocycles. The molecule has 2 heteroatoms. The largest absolute Gasteiger partial charge is 0.464 e. The van der Waals surface area contributed by atoms with E-state index >= 15 is 0 Å². The molecule has 0 N–H and O–H groups in total. The van der Waals surface area contributed by atoms with E-state index in [-0.39, 0.29) is 0 Å². The van der Waals surface area contributed by atoms with Gasteiger partial charge in [0.25, 0.3) is 0 Å². The summed E-state index contributed by atoms with van der Waals surface area (Å²) in [7, 11) is 0. The molecule has 0 spiro atoms. The van der Waals surface area contributed by atoms with Gasteiger partial charge in [0.1, 0.15) is 5.58 Å². The second kappa shape index (κ2) is 33.3. The van der Waals surface area contributed by atoms with Crippen LogP contribution in [0.2, 0.25) is 0 Å². The van der Waals surface area contributed by atoms with E-state index in [2.05, 4.69) is 98.0 Å². The lowest BCUT2D eigenvalue weighted by atomic mass is 9.82. The highest BCUT2D eigenvalue weighted by Gasteiger charge is 2.28. The zero-order valence-electron chi connectivity index (χ0n) is 32.6. The Labute approximate surface area is 286 Å². The molecule has 2 aromatic carbocycles. The van der Waals surface area contributed by atoms with Crippen molar-refractivity contribution in [2.75, 3.05) is 0 Å². The third-order valence-electron chi connectivity index (χ3n) is 5.94. The van der Waals surface area contributed by atoms with Gasteiger partial charge in [-0.15, -0.1) is 11.3 Å². The normalized spacial score (nSPS) is 15.4. The Morgan fingerprint density at radius 3 is 1.36 bits per heavy atom. The van der Waals surface area contributed by atoms with Crippen molar-refractivity contribution < 1.29 is 4.42 Å². The first-order chi connectivity index (χ1) is 21.6. The lowest BCUT2D eigenvalue weighted by Gasteiger charge is -2.24. The Bertz CT molecular complexity index is 926. The summed E-state index contributed by atoms with van der Waals surface area (Å²) in [5.74, 6) is 4.83. The Balaban J connectivity index is -0.000000471. The minimum Gasteiger partial charge on any atom is -0.464 e. The van der Waals surface area contributed by atoms with Crippen molar-refractivity contribution in [3.8, 4) is 0 Å². The fourth-order valence-electron chi connectivity index (χ4n) is 4.50. The van der Waals surface area contributed by atoms with Crippen LogP contribution in [0.15, 0.2) is 76.7 Å². The van der Waals surface area contributed by atoms with Crippen molar-refractivity contribution >= 4 is 32.4 Å². The van der Waals surface area contributed by atoms with Crippen LogP contribution in [0, 0.1) is 29.6 Å². The lowest BCUT2D eigenvalue weighted by Crippen LogP contribution is -2.12. The van der Waals surface area contributed by atoms with Crippen LogP contribution in [0.1, 0.15) is 149 Å². The van der Waals surface area contributed by atoms with Crippen LogP contribution in [0.3, 0.4) is 0 Å². The number of para-hydroxylation sites is 1. The third kappa shape index (κ3) is 27.9. The number of fused-ring (bicyclic) bond motifs is 3. The van der Waals surface area contributed by atoms with Crippen LogP contribution < -0.4 is 0 Å². The van der Waals surface area contributed by atoms with Gasteiger partial charge >= 0.3 is 0 Å². The van der Waals surface area contributed by atoms with E-state index in [1.807, 2.05) is 71.9 Å². The first-order valence-corrected chi connectivity index (χ1v) is 19.3. The van der Waals surface area contributed by atoms with Crippen LogP contribution in [-0.4, -0.2) is 0 Å². The smallest absolute Gasteiger partial charge is 0.133 e. The summed E-state index contributed by atoms with van der Waals surface area (Å²) in [6.07, 6.45) is 12.5. The van der Waals surface area contributed by atoms with Crippen molar-refractivity contribution in [3.63, 3.8) is 0 Å². The number of rotatable bonds is 0. The summed E-state index contributed by atoms with van der Waals surface area (Å²) in [6, 6.07) is 20.4. The zero-order valence-corrected chi connectivity index (χ0v) is 33.4. The second-order valence-electron chi connectivity index (χ2n) is 12.8. The van der Waals surface area contributed by atoms with Crippen LogP contribution >= 0.6 is 11.3 Å². The summed E-state index contributed by atoms with van der Waals surface area (Å²) < 4.78 is 6.49. The average Bonchev–Trinajstić information content (AvgIpc) is 3.81. The molecule has 1 nitrogen and oxygen atoms in total. The first kappa shape index (κ1) is 47.3. The van der Waals surface area contributed by atoms with E-state index in [1.54, 1.807) is 43.3 Å². The van der Waals surface area contributed by atoms with Gasteiger partial charge in [-0.1, -0.05) is 185 Å². The van der Waals surface area contributed by atoms with Gasteiger partial charge < -0.3 is 4.42 Å². The molecule has 2 heterocycles.